The Morgan fingerprint density at radius 2 is 2.38 bits per heavy atom. The molecule has 0 fully saturated rings. The van der Waals surface area contributed by atoms with Gasteiger partial charge in [0.25, 0.3) is 0 Å². The number of aliphatic imine (C=N–C) groups is 1. The normalized spacial score (nSPS) is 17.8. The second-order valence-electron chi connectivity index (χ2n) is 2.05. The van der Waals surface area contributed by atoms with Gasteiger partial charge >= 0.3 is 0 Å². The van der Waals surface area contributed by atoms with Crippen LogP contribution in [0.4, 0.5) is 0 Å². The van der Waals surface area contributed by atoms with Crippen LogP contribution in [0, 0.1) is 0 Å². The van der Waals surface area contributed by atoms with Crippen molar-refractivity contribution in [2.75, 3.05) is 0 Å². The Kier molecular flexibility index (Phi) is 1.32. The molecular weight excluding hydrogens is 98.1 g/mol. The first kappa shape index (κ1) is 5.33. The van der Waals surface area contributed by atoms with E-state index in [1.165, 1.54) is 5.57 Å². The third-order valence-electron chi connectivity index (χ3n) is 1.13. The SMILES string of the molecule is CC1=C=NC(C)=CC1. The van der Waals surface area contributed by atoms with Crippen LogP contribution < -0.4 is 0 Å². The lowest BCUT2D eigenvalue weighted by atomic mass is 10.2. The van der Waals surface area contributed by atoms with Crippen LogP contribution >= 0.6 is 0 Å². The monoisotopic (exact) mass is 107 g/mol. The molecule has 0 aromatic rings. The molecule has 0 spiro atoms. The Bertz CT molecular complexity index is 181. The first-order valence-corrected chi connectivity index (χ1v) is 2.75. The maximum Gasteiger partial charge on any atom is 0.0436 e. The van der Waals surface area contributed by atoms with E-state index in [0.29, 0.717) is 0 Å². The summed E-state index contributed by atoms with van der Waals surface area (Å²) in [5.41, 5.74) is 2.30. The molecule has 0 atom stereocenters. The van der Waals surface area contributed by atoms with Crippen LogP contribution in [0.3, 0.4) is 0 Å². The highest BCUT2D eigenvalue weighted by molar-refractivity contribution is 5.60. The zero-order valence-electron chi connectivity index (χ0n) is 5.23. The van der Waals surface area contributed by atoms with Gasteiger partial charge in [-0.2, -0.15) is 0 Å². The minimum Gasteiger partial charge on any atom is -0.211 e. The van der Waals surface area contributed by atoms with Gasteiger partial charge in [0.1, 0.15) is 0 Å². The number of rotatable bonds is 0. The van der Waals surface area contributed by atoms with Crippen LogP contribution in [0.15, 0.2) is 22.3 Å². The molecule has 42 valence electrons. The van der Waals surface area contributed by atoms with Gasteiger partial charge in [-0.3, -0.25) is 0 Å². The highest BCUT2D eigenvalue weighted by Crippen LogP contribution is 2.05. The summed E-state index contributed by atoms with van der Waals surface area (Å²) in [7, 11) is 0. The summed E-state index contributed by atoms with van der Waals surface area (Å²) in [5, 5.41) is 0. The van der Waals surface area contributed by atoms with Crippen LogP contribution in [-0.4, -0.2) is 5.87 Å². The summed E-state index contributed by atoms with van der Waals surface area (Å²) in [6.45, 7) is 4.02. The molecule has 0 bridgehead atoms. The molecule has 0 saturated carbocycles. The van der Waals surface area contributed by atoms with Crippen LogP contribution in [0.5, 0.6) is 0 Å². The van der Waals surface area contributed by atoms with Gasteiger partial charge < -0.3 is 0 Å². The molecule has 0 aromatic carbocycles. The Morgan fingerprint density at radius 1 is 1.62 bits per heavy atom. The molecule has 1 aliphatic rings. The smallest absolute Gasteiger partial charge is 0.0436 e. The second-order valence-corrected chi connectivity index (χ2v) is 2.05. The zero-order chi connectivity index (χ0) is 5.98. The molecule has 0 aromatic heterocycles. The van der Waals surface area contributed by atoms with Crippen LogP contribution in [0.2, 0.25) is 0 Å². The van der Waals surface area contributed by atoms with Crippen molar-refractivity contribution in [3.63, 3.8) is 0 Å². The molecule has 1 heterocycles. The summed E-state index contributed by atoms with van der Waals surface area (Å²) in [6.07, 6.45) is 3.13. The van der Waals surface area contributed by atoms with E-state index in [1.807, 2.05) is 13.8 Å². The fourth-order valence-electron chi connectivity index (χ4n) is 0.576. The van der Waals surface area contributed by atoms with E-state index in [9.17, 15) is 0 Å². The molecule has 0 amide bonds. The van der Waals surface area contributed by atoms with Gasteiger partial charge in [-0.15, -0.1) is 0 Å². The Morgan fingerprint density at radius 3 is 2.75 bits per heavy atom. The van der Waals surface area contributed by atoms with Crippen molar-refractivity contribution in [1.29, 1.82) is 0 Å². The van der Waals surface area contributed by atoms with Crippen LogP contribution in [0.1, 0.15) is 20.3 Å². The highest BCUT2D eigenvalue weighted by atomic mass is 14.7. The quantitative estimate of drug-likeness (QED) is 0.448. The van der Waals surface area contributed by atoms with Gasteiger partial charge in [0, 0.05) is 5.70 Å². The van der Waals surface area contributed by atoms with Gasteiger partial charge in [0.15, 0.2) is 0 Å². The van der Waals surface area contributed by atoms with Crippen molar-refractivity contribution < 1.29 is 0 Å². The maximum atomic E-state index is 3.98. The third kappa shape index (κ3) is 1.08. The highest BCUT2D eigenvalue weighted by Gasteiger charge is 1.90. The van der Waals surface area contributed by atoms with E-state index in [2.05, 4.69) is 16.9 Å². The van der Waals surface area contributed by atoms with E-state index in [0.717, 1.165) is 12.1 Å². The molecule has 1 aliphatic heterocycles. The van der Waals surface area contributed by atoms with Gasteiger partial charge in [0.05, 0.1) is 0 Å². The van der Waals surface area contributed by atoms with E-state index >= 15 is 0 Å². The van der Waals surface area contributed by atoms with Crippen LogP contribution in [-0.2, 0) is 0 Å². The lowest BCUT2D eigenvalue weighted by Gasteiger charge is -1.95. The summed E-state index contributed by atoms with van der Waals surface area (Å²) in [4.78, 5) is 3.98. The number of allylic oxidation sites excluding steroid dienone is 3. The predicted octanol–water partition coefficient (Wildman–Crippen LogP) is 1.91. The number of hydrogen-bond donors (Lipinski definition) is 0. The first-order chi connectivity index (χ1) is 3.79. The second kappa shape index (κ2) is 1.97. The Hall–Kier alpha value is -0.810. The first-order valence-electron chi connectivity index (χ1n) is 2.75. The van der Waals surface area contributed by atoms with E-state index in [-0.39, 0.29) is 0 Å². The zero-order valence-corrected chi connectivity index (χ0v) is 5.23. The average Bonchev–Trinajstić information content (AvgIpc) is 1.77. The van der Waals surface area contributed by atoms with E-state index in [4.69, 9.17) is 0 Å². The van der Waals surface area contributed by atoms with Crippen molar-refractivity contribution >= 4 is 5.87 Å². The van der Waals surface area contributed by atoms with Crippen molar-refractivity contribution in [2.24, 2.45) is 4.99 Å². The van der Waals surface area contributed by atoms with Crippen LogP contribution in [0.25, 0.3) is 0 Å². The molecule has 0 unspecified atom stereocenters. The maximum absolute atomic E-state index is 3.98. The Labute approximate surface area is 49.4 Å². The number of nitrogens with zero attached hydrogens (tertiary/aromatic N) is 1. The molecule has 0 aliphatic carbocycles. The van der Waals surface area contributed by atoms with Gasteiger partial charge in [-0.05, 0) is 31.7 Å². The predicted molar refractivity (Wildman–Crippen MR) is 35.0 cm³/mol. The largest absolute Gasteiger partial charge is 0.211 e. The van der Waals surface area contributed by atoms with Gasteiger partial charge in [0.2, 0.25) is 0 Å². The van der Waals surface area contributed by atoms with Crippen molar-refractivity contribution in [3.05, 3.63) is 17.3 Å². The minimum atomic E-state index is 1.02. The lowest BCUT2D eigenvalue weighted by Crippen LogP contribution is -1.81. The number of hydrogen-bond acceptors (Lipinski definition) is 1. The molecule has 0 N–H and O–H groups in total. The summed E-state index contributed by atoms with van der Waals surface area (Å²) in [5.74, 6) is 2.91. The molecule has 0 radical (unpaired) electrons. The fourth-order valence-corrected chi connectivity index (χ4v) is 0.576. The van der Waals surface area contributed by atoms with Gasteiger partial charge in [-0.25, -0.2) is 4.99 Å². The standard InChI is InChI=1S/C7H9N/c1-6-3-4-7(2)8-5-6/h4H,3H2,1-2H3. The molecular formula is C7H9N. The molecule has 8 heavy (non-hydrogen) atoms. The summed E-state index contributed by atoms with van der Waals surface area (Å²) >= 11 is 0. The van der Waals surface area contributed by atoms with E-state index < -0.39 is 0 Å². The van der Waals surface area contributed by atoms with Crippen molar-refractivity contribution in [2.45, 2.75) is 20.3 Å². The fraction of sp³-hybridized carbons (Fsp3) is 0.429. The van der Waals surface area contributed by atoms with Crippen molar-refractivity contribution in [1.82, 2.24) is 0 Å². The average molecular weight is 107 g/mol. The Balaban J connectivity index is 2.86. The topological polar surface area (TPSA) is 12.4 Å². The third-order valence-corrected chi connectivity index (χ3v) is 1.13. The van der Waals surface area contributed by atoms with Crippen molar-refractivity contribution in [3.8, 4) is 0 Å². The lowest BCUT2D eigenvalue weighted by molar-refractivity contribution is 1.15. The van der Waals surface area contributed by atoms with Gasteiger partial charge in [-0.1, -0.05) is 6.08 Å². The summed E-state index contributed by atoms with van der Waals surface area (Å²) in [6, 6.07) is 0. The molecule has 1 rings (SSSR count). The minimum absolute atomic E-state index is 1.02. The van der Waals surface area contributed by atoms with E-state index in [1.54, 1.807) is 0 Å². The summed E-state index contributed by atoms with van der Waals surface area (Å²) < 4.78 is 0. The molecule has 1 nitrogen and oxygen atoms in total. The molecule has 1 heteroatoms. The molecule has 0 saturated heterocycles.